The smallest absolute Gasteiger partial charge is 0.257 e. The molecule has 1 aliphatic heterocycles. The first-order chi connectivity index (χ1) is 14.2. The van der Waals surface area contributed by atoms with Gasteiger partial charge in [0, 0.05) is 37.9 Å². The molecule has 1 saturated heterocycles. The molecular formula is C22H24N4O3. The van der Waals surface area contributed by atoms with Crippen molar-refractivity contribution in [2.75, 3.05) is 40.4 Å². The summed E-state index contributed by atoms with van der Waals surface area (Å²) in [5.74, 6) is 1.21. The van der Waals surface area contributed by atoms with Gasteiger partial charge in [0.25, 0.3) is 5.91 Å². The van der Waals surface area contributed by atoms with Crippen LogP contribution >= 0.6 is 0 Å². The third-order valence-corrected chi connectivity index (χ3v) is 5.03. The number of amides is 1. The summed E-state index contributed by atoms with van der Waals surface area (Å²) in [5.41, 5.74) is 2.89. The molecule has 0 unspecified atom stereocenters. The fraction of sp³-hybridized carbons (Fsp3) is 0.273. The van der Waals surface area contributed by atoms with Crippen molar-refractivity contribution in [2.24, 2.45) is 0 Å². The van der Waals surface area contributed by atoms with Gasteiger partial charge >= 0.3 is 0 Å². The van der Waals surface area contributed by atoms with Crippen LogP contribution < -0.4 is 14.8 Å². The summed E-state index contributed by atoms with van der Waals surface area (Å²) < 4.78 is 12.5. The van der Waals surface area contributed by atoms with E-state index in [0.29, 0.717) is 35.8 Å². The molecule has 2 aromatic carbocycles. The maximum atomic E-state index is 13.3. The summed E-state index contributed by atoms with van der Waals surface area (Å²) in [5, 5.41) is 8.04. The first kappa shape index (κ1) is 19.0. The highest BCUT2D eigenvalue weighted by Gasteiger charge is 2.25. The molecule has 1 aromatic heterocycles. The first-order valence-corrected chi connectivity index (χ1v) is 9.58. The van der Waals surface area contributed by atoms with Gasteiger partial charge in [0.15, 0.2) is 11.5 Å². The molecule has 0 radical (unpaired) electrons. The van der Waals surface area contributed by atoms with Crippen LogP contribution in [0.4, 0.5) is 0 Å². The SMILES string of the molecule is COc1ccc(-c2nn(-c3ccccc3)cc2C(=O)N2CCNCC2)cc1OC. The lowest BCUT2D eigenvalue weighted by Gasteiger charge is -2.27. The van der Waals surface area contributed by atoms with Crippen molar-refractivity contribution in [3.8, 4) is 28.4 Å². The number of rotatable bonds is 5. The summed E-state index contributed by atoms with van der Waals surface area (Å²) in [6.07, 6.45) is 1.81. The molecule has 150 valence electrons. The Kier molecular flexibility index (Phi) is 5.48. The van der Waals surface area contributed by atoms with Gasteiger partial charge in [-0.1, -0.05) is 18.2 Å². The Morgan fingerprint density at radius 2 is 1.72 bits per heavy atom. The molecule has 4 rings (SSSR count). The number of piperazine rings is 1. The van der Waals surface area contributed by atoms with Crippen LogP contribution in [0, 0.1) is 0 Å². The van der Waals surface area contributed by atoms with Crippen molar-refractivity contribution < 1.29 is 14.3 Å². The van der Waals surface area contributed by atoms with Crippen LogP contribution in [0.5, 0.6) is 11.5 Å². The standard InChI is InChI=1S/C22H24N4O3/c1-28-19-9-8-16(14-20(19)29-2)21-18(22(27)25-12-10-23-11-13-25)15-26(24-21)17-6-4-3-5-7-17/h3-9,14-15,23H,10-13H2,1-2H3. The monoisotopic (exact) mass is 392 g/mol. The third-order valence-electron chi connectivity index (χ3n) is 5.03. The molecule has 7 nitrogen and oxygen atoms in total. The quantitative estimate of drug-likeness (QED) is 0.723. The van der Waals surface area contributed by atoms with E-state index in [4.69, 9.17) is 14.6 Å². The van der Waals surface area contributed by atoms with Crippen molar-refractivity contribution >= 4 is 5.91 Å². The van der Waals surface area contributed by atoms with E-state index in [9.17, 15) is 4.79 Å². The second kappa shape index (κ2) is 8.36. The lowest BCUT2D eigenvalue weighted by molar-refractivity contribution is 0.0736. The highest BCUT2D eigenvalue weighted by Crippen LogP contribution is 2.33. The Morgan fingerprint density at radius 1 is 1.00 bits per heavy atom. The van der Waals surface area contributed by atoms with Crippen molar-refractivity contribution in [3.63, 3.8) is 0 Å². The highest BCUT2D eigenvalue weighted by atomic mass is 16.5. The number of nitrogens with zero attached hydrogens (tertiary/aromatic N) is 3. The van der Waals surface area contributed by atoms with Gasteiger partial charge in [0.2, 0.25) is 0 Å². The molecule has 29 heavy (non-hydrogen) atoms. The van der Waals surface area contributed by atoms with Gasteiger partial charge in [-0.25, -0.2) is 4.68 Å². The fourth-order valence-electron chi connectivity index (χ4n) is 3.48. The Bertz CT molecular complexity index is 995. The zero-order chi connectivity index (χ0) is 20.2. The molecule has 7 heteroatoms. The number of carbonyl (C=O) groups excluding carboxylic acids is 1. The summed E-state index contributed by atoms with van der Waals surface area (Å²) in [7, 11) is 3.19. The fourth-order valence-corrected chi connectivity index (χ4v) is 3.48. The molecule has 1 aliphatic rings. The normalized spacial score (nSPS) is 13.9. The van der Waals surface area contributed by atoms with E-state index >= 15 is 0 Å². The molecule has 1 fully saturated rings. The van der Waals surface area contributed by atoms with E-state index in [0.717, 1.165) is 24.3 Å². The van der Waals surface area contributed by atoms with Gasteiger partial charge < -0.3 is 19.7 Å². The molecule has 1 N–H and O–H groups in total. The lowest BCUT2D eigenvalue weighted by Crippen LogP contribution is -2.46. The maximum absolute atomic E-state index is 13.3. The van der Waals surface area contributed by atoms with Crippen molar-refractivity contribution in [3.05, 3.63) is 60.3 Å². The Morgan fingerprint density at radius 3 is 2.41 bits per heavy atom. The molecule has 0 saturated carbocycles. The highest BCUT2D eigenvalue weighted by molar-refractivity contribution is 6.00. The van der Waals surface area contributed by atoms with Crippen LogP contribution in [0.15, 0.2) is 54.7 Å². The first-order valence-electron chi connectivity index (χ1n) is 9.58. The Hall–Kier alpha value is -3.32. The number of aromatic nitrogens is 2. The molecular weight excluding hydrogens is 368 g/mol. The average molecular weight is 392 g/mol. The number of nitrogens with one attached hydrogen (secondary N) is 1. The number of hydrogen-bond donors (Lipinski definition) is 1. The van der Waals surface area contributed by atoms with Gasteiger partial charge in [-0.2, -0.15) is 5.10 Å². The molecule has 0 aliphatic carbocycles. The number of carbonyl (C=O) groups is 1. The van der Waals surface area contributed by atoms with Crippen molar-refractivity contribution in [2.45, 2.75) is 0 Å². The van der Waals surface area contributed by atoms with E-state index in [1.807, 2.05) is 59.6 Å². The van der Waals surface area contributed by atoms with Crippen molar-refractivity contribution in [1.29, 1.82) is 0 Å². The molecule has 2 heterocycles. The molecule has 1 amide bonds. The number of para-hydroxylation sites is 1. The molecule has 0 bridgehead atoms. The topological polar surface area (TPSA) is 68.6 Å². The zero-order valence-electron chi connectivity index (χ0n) is 16.6. The van der Waals surface area contributed by atoms with Crippen LogP contribution in [0.2, 0.25) is 0 Å². The van der Waals surface area contributed by atoms with Crippen LogP contribution in [0.3, 0.4) is 0 Å². The van der Waals surface area contributed by atoms with Gasteiger partial charge in [-0.3, -0.25) is 4.79 Å². The number of benzene rings is 2. The lowest BCUT2D eigenvalue weighted by atomic mass is 10.1. The number of hydrogen-bond acceptors (Lipinski definition) is 5. The molecule has 0 spiro atoms. The summed E-state index contributed by atoms with van der Waals surface area (Å²) >= 11 is 0. The van der Waals surface area contributed by atoms with Gasteiger partial charge in [-0.15, -0.1) is 0 Å². The Balaban J connectivity index is 1.81. The minimum Gasteiger partial charge on any atom is -0.493 e. The predicted octanol–water partition coefficient (Wildman–Crippen LogP) is 2.60. The van der Waals surface area contributed by atoms with Crippen LogP contribution in [0.1, 0.15) is 10.4 Å². The van der Waals surface area contributed by atoms with Gasteiger partial charge in [0.1, 0.15) is 5.69 Å². The van der Waals surface area contributed by atoms with Crippen LogP contribution in [0.25, 0.3) is 16.9 Å². The minimum absolute atomic E-state index is 0.0153. The van der Waals surface area contributed by atoms with Gasteiger partial charge in [0.05, 0.1) is 25.5 Å². The van der Waals surface area contributed by atoms with E-state index in [1.54, 1.807) is 18.9 Å². The van der Waals surface area contributed by atoms with Crippen LogP contribution in [-0.4, -0.2) is 61.0 Å². The maximum Gasteiger partial charge on any atom is 0.257 e. The van der Waals surface area contributed by atoms with Crippen molar-refractivity contribution in [1.82, 2.24) is 20.0 Å². The molecule has 0 atom stereocenters. The molecule has 3 aromatic rings. The predicted molar refractivity (Wildman–Crippen MR) is 111 cm³/mol. The average Bonchev–Trinajstić information content (AvgIpc) is 3.24. The zero-order valence-corrected chi connectivity index (χ0v) is 16.6. The van der Waals surface area contributed by atoms with E-state index in [1.165, 1.54) is 0 Å². The van der Waals surface area contributed by atoms with Gasteiger partial charge in [-0.05, 0) is 30.3 Å². The van der Waals surface area contributed by atoms with E-state index in [2.05, 4.69) is 5.32 Å². The van der Waals surface area contributed by atoms with Crippen LogP contribution in [-0.2, 0) is 0 Å². The van der Waals surface area contributed by atoms with E-state index in [-0.39, 0.29) is 5.91 Å². The van der Waals surface area contributed by atoms with E-state index < -0.39 is 0 Å². The Labute approximate surface area is 169 Å². The summed E-state index contributed by atoms with van der Waals surface area (Å²) in [6.45, 7) is 2.95. The summed E-state index contributed by atoms with van der Waals surface area (Å²) in [4.78, 5) is 15.2. The third kappa shape index (κ3) is 3.82. The minimum atomic E-state index is -0.0153. The number of methoxy groups -OCH3 is 2. The second-order valence-electron chi connectivity index (χ2n) is 6.78. The summed E-state index contributed by atoms with van der Waals surface area (Å²) in [6, 6.07) is 15.4. The largest absolute Gasteiger partial charge is 0.493 e. The number of ether oxygens (including phenoxy) is 2. The second-order valence-corrected chi connectivity index (χ2v) is 6.78.